The molecule has 0 amide bonds. The fourth-order valence-corrected chi connectivity index (χ4v) is 2.64. The molecule has 1 atom stereocenters. The van der Waals surface area contributed by atoms with E-state index in [0.717, 1.165) is 0 Å². The van der Waals surface area contributed by atoms with Crippen molar-refractivity contribution in [2.45, 2.75) is 32.5 Å². The Kier molecular flexibility index (Phi) is 3.92. The Morgan fingerprint density at radius 3 is 2.90 bits per heavy atom. The van der Waals surface area contributed by atoms with Gasteiger partial charge in [0.25, 0.3) is 5.69 Å². The first-order chi connectivity index (χ1) is 9.27. The fourth-order valence-electron chi connectivity index (χ4n) is 2.64. The number of ether oxygens (including phenoxy) is 1. The predicted molar refractivity (Wildman–Crippen MR) is 72.8 cm³/mol. The third-order valence-electron chi connectivity index (χ3n) is 3.19. The van der Waals surface area contributed by atoms with Gasteiger partial charge in [-0.3, -0.25) is 19.8 Å². The van der Waals surface area contributed by atoms with Gasteiger partial charge in [0.2, 0.25) is 0 Å². The van der Waals surface area contributed by atoms with E-state index >= 15 is 0 Å². The van der Waals surface area contributed by atoms with Gasteiger partial charge in [-0.25, -0.2) is 0 Å². The number of carbonyl (C=O) groups is 1. The zero-order valence-corrected chi connectivity index (χ0v) is 11.9. The normalized spacial score (nSPS) is 22.6. The van der Waals surface area contributed by atoms with Gasteiger partial charge in [0.05, 0.1) is 35.1 Å². The summed E-state index contributed by atoms with van der Waals surface area (Å²) in [5, 5.41) is 10.6. The van der Waals surface area contributed by atoms with Crippen LogP contribution in [0.4, 0.5) is 5.69 Å². The van der Waals surface area contributed by atoms with Gasteiger partial charge in [0, 0.05) is 19.2 Å². The Bertz CT molecular complexity index is 523. The summed E-state index contributed by atoms with van der Waals surface area (Å²) in [7, 11) is 0. The fraction of sp³-hybridized carbons (Fsp3) is 0.615. The van der Waals surface area contributed by atoms with Crippen molar-refractivity contribution >= 4 is 11.5 Å². The van der Waals surface area contributed by atoms with Crippen molar-refractivity contribution in [3.05, 3.63) is 28.1 Å². The van der Waals surface area contributed by atoms with Crippen LogP contribution in [-0.2, 0) is 4.74 Å². The van der Waals surface area contributed by atoms with Crippen LogP contribution in [0.1, 0.15) is 31.3 Å². The summed E-state index contributed by atoms with van der Waals surface area (Å²) in [6.45, 7) is 7.51. The van der Waals surface area contributed by atoms with E-state index in [1.54, 1.807) is 0 Å². The molecule has 2 rings (SSSR count). The van der Waals surface area contributed by atoms with Crippen LogP contribution >= 0.6 is 0 Å². The lowest BCUT2D eigenvalue weighted by molar-refractivity contribution is -0.384. The number of aromatic nitrogens is 1. The van der Waals surface area contributed by atoms with Crippen molar-refractivity contribution < 1.29 is 14.5 Å². The predicted octanol–water partition coefficient (Wildman–Crippen LogP) is 1.60. The van der Waals surface area contributed by atoms with Crippen molar-refractivity contribution in [3.8, 4) is 0 Å². The summed E-state index contributed by atoms with van der Waals surface area (Å²) in [5.41, 5.74) is -0.114. The number of aromatic amines is 1. The maximum absolute atomic E-state index is 12.1. The summed E-state index contributed by atoms with van der Waals surface area (Å²) in [5.74, 6) is -0.150. The number of hydrogen-bond acceptors (Lipinski definition) is 5. The van der Waals surface area contributed by atoms with Crippen LogP contribution in [0.15, 0.2) is 12.3 Å². The molecule has 1 aliphatic rings. The van der Waals surface area contributed by atoms with Gasteiger partial charge in [-0.1, -0.05) is 0 Å². The Balaban J connectivity index is 2.01. The molecule has 0 spiro atoms. The minimum atomic E-state index is -0.521. The molecule has 1 saturated heterocycles. The monoisotopic (exact) mass is 281 g/mol. The summed E-state index contributed by atoms with van der Waals surface area (Å²) in [6, 6.07) is 1.28. The van der Waals surface area contributed by atoms with E-state index in [9.17, 15) is 14.9 Å². The zero-order chi connectivity index (χ0) is 14.9. The van der Waals surface area contributed by atoms with E-state index in [1.807, 2.05) is 25.7 Å². The van der Waals surface area contributed by atoms with E-state index in [1.165, 1.54) is 12.3 Å². The Hall–Kier alpha value is -1.73. The number of nitrogens with one attached hydrogen (secondary N) is 1. The third kappa shape index (κ3) is 3.43. The van der Waals surface area contributed by atoms with E-state index in [2.05, 4.69) is 4.98 Å². The summed E-state index contributed by atoms with van der Waals surface area (Å²) in [6.07, 6.45) is 1.29. The number of Topliss-reactive ketones (excluding diaryl/α,β-unsaturated/α-hetero) is 1. The summed E-state index contributed by atoms with van der Waals surface area (Å²) < 4.78 is 5.78. The summed E-state index contributed by atoms with van der Waals surface area (Å²) >= 11 is 0. The number of ketones is 1. The molecule has 110 valence electrons. The van der Waals surface area contributed by atoms with Gasteiger partial charge in [-0.15, -0.1) is 0 Å². The minimum Gasteiger partial charge on any atom is -0.370 e. The SMILES string of the molecule is CC1CN(CC(=O)c2cc([N+](=O)[O-])c[nH]2)CC(C)(C)O1. The van der Waals surface area contributed by atoms with Crippen LogP contribution in [0.2, 0.25) is 0 Å². The maximum atomic E-state index is 12.1. The highest BCUT2D eigenvalue weighted by molar-refractivity contribution is 5.96. The first-order valence-corrected chi connectivity index (χ1v) is 6.53. The number of nitrogens with zero attached hydrogens (tertiary/aromatic N) is 2. The van der Waals surface area contributed by atoms with Gasteiger partial charge >= 0.3 is 0 Å². The Labute approximate surface area is 117 Å². The topological polar surface area (TPSA) is 88.5 Å². The summed E-state index contributed by atoms with van der Waals surface area (Å²) in [4.78, 5) is 26.9. The number of H-pyrrole nitrogens is 1. The van der Waals surface area contributed by atoms with Crippen LogP contribution in [0.25, 0.3) is 0 Å². The van der Waals surface area contributed by atoms with Gasteiger partial charge in [0.15, 0.2) is 5.78 Å². The van der Waals surface area contributed by atoms with Crippen LogP contribution in [-0.4, -0.2) is 51.9 Å². The highest BCUT2D eigenvalue weighted by Gasteiger charge is 2.32. The van der Waals surface area contributed by atoms with E-state index < -0.39 is 4.92 Å². The molecule has 0 aliphatic carbocycles. The van der Waals surface area contributed by atoms with E-state index in [0.29, 0.717) is 13.1 Å². The van der Waals surface area contributed by atoms with Crippen LogP contribution < -0.4 is 0 Å². The molecular weight excluding hydrogens is 262 g/mol. The lowest BCUT2D eigenvalue weighted by Gasteiger charge is -2.41. The number of rotatable bonds is 4. The molecule has 1 N–H and O–H groups in total. The average molecular weight is 281 g/mol. The van der Waals surface area contributed by atoms with Crippen molar-refractivity contribution in [1.82, 2.24) is 9.88 Å². The number of nitro groups is 1. The van der Waals surface area contributed by atoms with E-state index in [-0.39, 0.29) is 35.4 Å². The molecule has 7 nitrogen and oxygen atoms in total. The number of morpholine rings is 1. The first-order valence-electron chi connectivity index (χ1n) is 6.53. The quantitative estimate of drug-likeness (QED) is 0.514. The lowest BCUT2D eigenvalue weighted by atomic mass is 10.1. The zero-order valence-electron chi connectivity index (χ0n) is 11.9. The standard InChI is InChI=1S/C13H19N3O4/c1-9-6-15(8-13(2,3)20-9)7-12(17)11-4-10(5-14-11)16(18)19/h4-5,9,14H,6-8H2,1-3H3. The van der Waals surface area contributed by atoms with Gasteiger partial charge < -0.3 is 9.72 Å². The molecule has 0 bridgehead atoms. The highest BCUT2D eigenvalue weighted by atomic mass is 16.6. The highest BCUT2D eigenvalue weighted by Crippen LogP contribution is 2.21. The third-order valence-corrected chi connectivity index (χ3v) is 3.19. The smallest absolute Gasteiger partial charge is 0.287 e. The van der Waals surface area contributed by atoms with Crippen LogP contribution in [0.3, 0.4) is 0 Å². The number of carbonyl (C=O) groups excluding carboxylic acids is 1. The van der Waals surface area contributed by atoms with Crippen molar-refractivity contribution in [1.29, 1.82) is 0 Å². The molecule has 1 unspecified atom stereocenters. The molecule has 7 heteroatoms. The van der Waals surface area contributed by atoms with Crippen molar-refractivity contribution in [3.63, 3.8) is 0 Å². The molecule has 1 aromatic rings. The molecule has 1 fully saturated rings. The Morgan fingerprint density at radius 2 is 2.35 bits per heavy atom. The van der Waals surface area contributed by atoms with Gasteiger partial charge in [0.1, 0.15) is 0 Å². The van der Waals surface area contributed by atoms with Crippen molar-refractivity contribution in [2.24, 2.45) is 0 Å². The molecule has 1 aliphatic heterocycles. The van der Waals surface area contributed by atoms with Gasteiger partial charge in [-0.05, 0) is 20.8 Å². The maximum Gasteiger partial charge on any atom is 0.287 e. The van der Waals surface area contributed by atoms with Crippen LogP contribution in [0, 0.1) is 10.1 Å². The molecule has 20 heavy (non-hydrogen) atoms. The minimum absolute atomic E-state index is 0.0597. The molecule has 0 radical (unpaired) electrons. The molecule has 1 aromatic heterocycles. The van der Waals surface area contributed by atoms with E-state index in [4.69, 9.17) is 4.74 Å². The lowest BCUT2D eigenvalue weighted by Crippen LogP contribution is -2.53. The molecule has 0 saturated carbocycles. The number of hydrogen-bond donors (Lipinski definition) is 1. The molecule has 0 aromatic carbocycles. The average Bonchev–Trinajstić information content (AvgIpc) is 2.74. The second kappa shape index (κ2) is 5.34. The van der Waals surface area contributed by atoms with Crippen LogP contribution in [0.5, 0.6) is 0 Å². The molecular formula is C13H19N3O4. The van der Waals surface area contributed by atoms with Crippen molar-refractivity contribution in [2.75, 3.05) is 19.6 Å². The second-order valence-corrected chi connectivity index (χ2v) is 5.81. The Morgan fingerprint density at radius 1 is 1.65 bits per heavy atom. The molecule has 2 heterocycles. The first kappa shape index (κ1) is 14.7. The second-order valence-electron chi connectivity index (χ2n) is 5.81. The van der Waals surface area contributed by atoms with Gasteiger partial charge in [-0.2, -0.15) is 0 Å². The largest absolute Gasteiger partial charge is 0.370 e.